The first-order valence-electron chi connectivity index (χ1n) is 9.14. The van der Waals surface area contributed by atoms with Gasteiger partial charge in [-0.25, -0.2) is 4.52 Å². The van der Waals surface area contributed by atoms with Gasteiger partial charge in [-0.2, -0.15) is 5.10 Å². The Labute approximate surface area is 151 Å². The molecule has 2 aromatic heterocycles. The molecule has 26 heavy (non-hydrogen) atoms. The van der Waals surface area contributed by atoms with E-state index < -0.39 is 0 Å². The van der Waals surface area contributed by atoms with Crippen LogP contribution >= 0.6 is 0 Å². The van der Waals surface area contributed by atoms with Crippen molar-refractivity contribution in [3.63, 3.8) is 0 Å². The molecule has 1 saturated carbocycles. The van der Waals surface area contributed by atoms with Crippen LogP contribution in [0.1, 0.15) is 32.1 Å². The number of fused-ring (bicyclic) bond motifs is 1. The molecule has 1 aliphatic rings. The second kappa shape index (κ2) is 7.15. The maximum Gasteiger partial charge on any atom is 0.277 e. The van der Waals surface area contributed by atoms with Gasteiger partial charge in [-0.05, 0) is 18.9 Å². The van der Waals surface area contributed by atoms with Gasteiger partial charge < -0.3 is 9.88 Å². The van der Waals surface area contributed by atoms with Gasteiger partial charge in [-0.3, -0.25) is 9.59 Å². The average molecular weight is 350 g/mol. The molecule has 6 nitrogen and oxygen atoms in total. The summed E-state index contributed by atoms with van der Waals surface area (Å²) in [6.07, 6.45) is 8.97. The van der Waals surface area contributed by atoms with Crippen molar-refractivity contribution in [3.05, 3.63) is 59.1 Å². The number of amides is 1. The quantitative estimate of drug-likeness (QED) is 0.786. The Bertz CT molecular complexity index is 968. The molecule has 1 aliphatic carbocycles. The fraction of sp³-hybridized carbons (Fsp3) is 0.350. The van der Waals surface area contributed by atoms with Crippen molar-refractivity contribution in [2.45, 2.75) is 44.7 Å². The van der Waals surface area contributed by atoms with Gasteiger partial charge in [0.25, 0.3) is 5.56 Å². The minimum absolute atomic E-state index is 0.0394. The van der Waals surface area contributed by atoms with E-state index in [1.54, 1.807) is 23.0 Å². The predicted octanol–water partition coefficient (Wildman–Crippen LogP) is 2.61. The molecule has 0 spiro atoms. The first-order valence-corrected chi connectivity index (χ1v) is 9.14. The zero-order valence-corrected chi connectivity index (χ0v) is 14.6. The molecular weight excluding hydrogens is 328 g/mol. The number of benzene rings is 1. The first kappa shape index (κ1) is 16.6. The van der Waals surface area contributed by atoms with Crippen LogP contribution in [-0.2, 0) is 11.3 Å². The van der Waals surface area contributed by atoms with Crippen molar-refractivity contribution in [2.75, 3.05) is 0 Å². The van der Waals surface area contributed by atoms with E-state index in [0.717, 1.165) is 36.9 Å². The van der Waals surface area contributed by atoms with Crippen molar-refractivity contribution in [2.24, 2.45) is 0 Å². The highest BCUT2D eigenvalue weighted by Crippen LogP contribution is 2.18. The molecule has 134 valence electrons. The number of hydrogen-bond acceptors (Lipinski definition) is 3. The summed E-state index contributed by atoms with van der Waals surface area (Å²) < 4.78 is 3.02. The molecule has 0 atom stereocenters. The Kier molecular flexibility index (Phi) is 4.56. The Morgan fingerprint density at radius 3 is 2.65 bits per heavy atom. The Morgan fingerprint density at radius 2 is 1.88 bits per heavy atom. The van der Waals surface area contributed by atoms with E-state index in [2.05, 4.69) is 10.4 Å². The van der Waals surface area contributed by atoms with Gasteiger partial charge in [-0.15, -0.1) is 0 Å². The molecule has 1 aromatic carbocycles. The Hall–Kier alpha value is -2.89. The summed E-state index contributed by atoms with van der Waals surface area (Å²) in [6, 6.07) is 11.7. The van der Waals surface area contributed by atoms with Gasteiger partial charge in [0.05, 0.1) is 5.69 Å². The summed E-state index contributed by atoms with van der Waals surface area (Å²) >= 11 is 0. The van der Waals surface area contributed by atoms with E-state index in [9.17, 15) is 9.59 Å². The Morgan fingerprint density at radius 1 is 1.12 bits per heavy atom. The number of aromatic nitrogens is 3. The predicted molar refractivity (Wildman–Crippen MR) is 99.9 cm³/mol. The highest BCUT2D eigenvalue weighted by molar-refractivity contribution is 5.76. The highest BCUT2D eigenvalue weighted by atomic mass is 16.2. The number of carbonyl (C=O) groups excluding carboxylic acids is 1. The zero-order chi connectivity index (χ0) is 17.9. The van der Waals surface area contributed by atoms with E-state index >= 15 is 0 Å². The van der Waals surface area contributed by atoms with E-state index in [1.165, 1.54) is 11.0 Å². The molecule has 3 aromatic rings. The van der Waals surface area contributed by atoms with E-state index in [1.807, 2.05) is 30.3 Å². The third-order valence-corrected chi connectivity index (χ3v) is 4.96. The van der Waals surface area contributed by atoms with Gasteiger partial charge in [0, 0.05) is 24.0 Å². The van der Waals surface area contributed by atoms with Crippen LogP contribution < -0.4 is 10.9 Å². The molecule has 0 radical (unpaired) electrons. The number of nitrogens with one attached hydrogen (secondary N) is 1. The lowest BCUT2D eigenvalue weighted by atomic mass is 9.95. The first-order chi connectivity index (χ1) is 12.7. The molecule has 2 heterocycles. The standard InChI is InChI=1S/C20H22N4O2/c25-19(21-16-9-5-2-6-10-16)14-23-11-12-24-18(20(23)26)13-17(22-24)15-7-3-1-4-8-15/h1,3-4,7-8,11-13,16H,2,5-6,9-10,14H2,(H,21,25). The number of hydrogen-bond donors (Lipinski definition) is 1. The minimum atomic E-state index is -0.207. The zero-order valence-electron chi connectivity index (χ0n) is 14.6. The fourth-order valence-electron chi connectivity index (χ4n) is 3.58. The van der Waals surface area contributed by atoms with Crippen molar-refractivity contribution >= 4 is 11.4 Å². The third-order valence-electron chi connectivity index (χ3n) is 4.96. The maximum absolute atomic E-state index is 12.7. The lowest BCUT2D eigenvalue weighted by Crippen LogP contribution is -2.39. The van der Waals surface area contributed by atoms with Crippen LogP contribution in [0.25, 0.3) is 16.8 Å². The summed E-state index contributed by atoms with van der Waals surface area (Å²) in [6.45, 7) is 0.0394. The highest BCUT2D eigenvalue weighted by Gasteiger charge is 2.17. The van der Waals surface area contributed by atoms with Crippen LogP contribution in [0.3, 0.4) is 0 Å². The van der Waals surface area contributed by atoms with E-state index in [0.29, 0.717) is 5.52 Å². The monoisotopic (exact) mass is 350 g/mol. The second-order valence-corrected chi connectivity index (χ2v) is 6.86. The van der Waals surface area contributed by atoms with Crippen molar-refractivity contribution in [3.8, 4) is 11.3 Å². The lowest BCUT2D eigenvalue weighted by molar-refractivity contribution is -0.122. The molecule has 0 unspecified atom stereocenters. The van der Waals surface area contributed by atoms with Crippen LogP contribution in [0.4, 0.5) is 0 Å². The molecule has 0 saturated heterocycles. The van der Waals surface area contributed by atoms with Crippen LogP contribution in [0.5, 0.6) is 0 Å². The smallest absolute Gasteiger partial charge is 0.277 e. The third kappa shape index (κ3) is 3.40. The van der Waals surface area contributed by atoms with Crippen molar-refractivity contribution < 1.29 is 4.79 Å². The Balaban J connectivity index is 1.55. The average Bonchev–Trinajstić information content (AvgIpc) is 3.11. The molecule has 6 heteroatoms. The van der Waals surface area contributed by atoms with Crippen molar-refractivity contribution in [1.82, 2.24) is 19.5 Å². The largest absolute Gasteiger partial charge is 0.352 e. The number of nitrogens with zero attached hydrogens (tertiary/aromatic N) is 3. The van der Waals surface area contributed by atoms with Crippen LogP contribution in [0, 0.1) is 0 Å². The van der Waals surface area contributed by atoms with Gasteiger partial charge in [0.15, 0.2) is 0 Å². The topological polar surface area (TPSA) is 68.4 Å². The van der Waals surface area contributed by atoms with E-state index in [4.69, 9.17) is 0 Å². The molecule has 0 aliphatic heterocycles. The summed E-state index contributed by atoms with van der Waals surface area (Å²) in [7, 11) is 0. The maximum atomic E-state index is 12.7. The minimum Gasteiger partial charge on any atom is -0.352 e. The summed E-state index contributed by atoms with van der Waals surface area (Å²) in [5.74, 6) is -0.105. The van der Waals surface area contributed by atoms with Gasteiger partial charge in [0.2, 0.25) is 5.91 Å². The normalized spacial score (nSPS) is 15.2. The molecule has 1 amide bonds. The van der Waals surface area contributed by atoms with Gasteiger partial charge in [-0.1, -0.05) is 49.6 Å². The molecule has 4 rings (SSSR count). The van der Waals surface area contributed by atoms with Gasteiger partial charge >= 0.3 is 0 Å². The second-order valence-electron chi connectivity index (χ2n) is 6.86. The molecule has 1 N–H and O–H groups in total. The fourth-order valence-corrected chi connectivity index (χ4v) is 3.58. The molecule has 0 bridgehead atoms. The van der Waals surface area contributed by atoms with Crippen LogP contribution in [0.2, 0.25) is 0 Å². The van der Waals surface area contributed by atoms with E-state index in [-0.39, 0.29) is 24.1 Å². The SMILES string of the molecule is O=C(Cn1ccn2nc(-c3ccccc3)cc2c1=O)NC1CCCCC1. The summed E-state index contributed by atoms with van der Waals surface area (Å²) in [4.78, 5) is 25.0. The molecular formula is C20H22N4O2. The van der Waals surface area contributed by atoms with Crippen LogP contribution in [0.15, 0.2) is 53.6 Å². The van der Waals surface area contributed by atoms with Crippen LogP contribution in [-0.4, -0.2) is 26.1 Å². The summed E-state index contributed by atoms with van der Waals surface area (Å²) in [5, 5.41) is 7.51. The number of carbonyl (C=O) groups is 1. The summed E-state index contributed by atoms with van der Waals surface area (Å²) in [5.41, 5.74) is 1.96. The van der Waals surface area contributed by atoms with Crippen molar-refractivity contribution in [1.29, 1.82) is 0 Å². The number of rotatable bonds is 4. The van der Waals surface area contributed by atoms with Gasteiger partial charge in [0.1, 0.15) is 12.1 Å². The molecule has 1 fully saturated rings. The lowest BCUT2D eigenvalue weighted by Gasteiger charge is -2.22.